The van der Waals surface area contributed by atoms with Crippen LogP contribution in [0.2, 0.25) is 0 Å². The Morgan fingerprint density at radius 3 is 2.74 bits per heavy atom. The number of morpholine rings is 1. The van der Waals surface area contributed by atoms with Gasteiger partial charge in [-0.05, 0) is 61.6 Å². The van der Waals surface area contributed by atoms with Crippen molar-refractivity contribution in [1.82, 2.24) is 14.7 Å². The van der Waals surface area contributed by atoms with Crippen molar-refractivity contribution < 1.29 is 9.53 Å². The van der Waals surface area contributed by atoms with E-state index in [-0.39, 0.29) is 5.91 Å². The van der Waals surface area contributed by atoms with Crippen molar-refractivity contribution in [2.24, 2.45) is 5.92 Å². The predicted molar refractivity (Wildman–Crippen MR) is 136 cm³/mol. The summed E-state index contributed by atoms with van der Waals surface area (Å²) < 4.78 is 7.20. The number of nitrogens with zero attached hydrogens (tertiary/aromatic N) is 4. The van der Waals surface area contributed by atoms with Crippen molar-refractivity contribution >= 4 is 17.3 Å². The molecule has 7 heteroatoms. The second-order valence-corrected chi connectivity index (χ2v) is 9.48. The summed E-state index contributed by atoms with van der Waals surface area (Å²) in [6.45, 7) is 12.6. The minimum absolute atomic E-state index is 0.225. The topological polar surface area (TPSA) is 63.8 Å². The molecule has 1 aliphatic heterocycles. The molecule has 1 saturated carbocycles. The van der Waals surface area contributed by atoms with Gasteiger partial charge in [-0.15, -0.1) is 0 Å². The fourth-order valence-electron chi connectivity index (χ4n) is 4.82. The standard InChI is InChI=1S/C28H31N5O2/c1-20-17-27(33(31-20)25-8-4-6-23(19-25)29-2)28(34)30-24-7-3-5-22(18-24)26(12-11-21-9-10-21)32-13-15-35-16-14-32/h3-8,17-19,21,26H,9-16H2,1H3,(H,30,34). The third-order valence-corrected chi connectivity index (χ3v) is 6.83. The minimum Gasteiger partial charge on any atom is -0.379 e. The Bertz CT molecular complexity index is 1230. The maximum absolute atomic E-state index is 13.3. The summed E-state index contributed by atoms with van der Waals surface area (Å²) in [5, 5.41) is 7.59. The zero-order valence-corrected chi connectivity index (χ0v) is 20.1. The fourth-order valence-corrected chi connectivity index (χ4v) is 4.82. The minimum atomic E-state index is -0.225. The zero-order valence-electron chi connectivity index (χ0n) is 20.1. The first-order chi connectivity index (χ1) is 17.1. The van der Waals surface area contributed by atoms with Crippen LogP contribution in [0.3, 0.4) is 0 Å². The number of amides is 1. The summed E-state index contributed by atoms with van der Waals surface area (Å²) >= 11 is 0. The Morgan fingerprint density at radius 2 is 1.97 bits per heavy atom. The molecule has 2 heterocycles. The van der Waals surface area contributed by atoms with Gasteiger partial charge in [0.05, 0.1) is 31.2 Å². The molecule has 2 aliphatic rings. The molecule has 1 saturated heterocycles. The van der Waals surface area contributed by atoms with Crippen molar-refractivity contribution in [2.45, 2.75) is 38.6 Å². The van der Waals surface area contributed by atoms with E-state index >= 15 is 0 Å². The van der Waals surface area contributed by atoms with Crippen molar-refractivity contribution in [2.75, 3.05) is 31.6 Å². The van der Waals surface area contributed by atoms with Crippen LogP contribution in [-0.4, -0.2) is 46.9 Å². The number of aromatic nitrogens is 2. The molecule has 0 spiro atoms. The highest BCUT2D eigenvalue weighted by Crippen LogP contribution is 2.38. The molecule has 2 aromatic carbocycles. The Labute approximate surface area is 206 Å². The highest BCUT2D eigenvalue weighted by molar-refractivity contribution is 6.03. The van der Waals surface area contributed by atoms with Gasteiger partial charge in [0.2, 0.25) is 0 Å². The van der Waals surface area contributed by atoms with E-state index in [1.54, 1.807) is 28.9 Å². The SMILES string of the molecule is [C-]#[N+]c1cccc(-n2nc(C)cc2C(=O)Nc2cccc(C(CCC3CC3)N3CCOCC3)c2)c1. The van der Waals surface area contributed by atoms with Gasteiger partial charge in [0, 0.05) is 24.8 Å². The molecule has 1 amide bonds. The lowest BCUT2D eigenvalue weighted by atomic mass is 9.97. The molecule has 1 unspecified atom stereocenters. The molecule has 0 bridgehead atoms. The average Bonchev–Trinajstić information content (AvgIpc) is 3.63. The summed E-state index contributed by atoms with van der Waals surface area (Å²) in [5.74, 6) is 0.656. The van der Waals surface area contributed by atoms with Crippen LogP contribution in [0, 0.1) is 19.4 Å². The second-order valence-electron chi connectivity index (χ2n) is 9.48. The molecule has 0 radical (unpaired) electrons. The van der Waals surface area contributed by atoms with Gasteiger partial charge in [0.1, 0.15) is 5.69 Å². The van der Waals surface area contributed by atoms with Gasteiger partial charge in [-0.25, -0.2) is 9.53 Å². The van der Waals surface area contributed by atoms with Crippen molar-refractivity contribution in [3.05, 3.63) is 83.0 Å². The normalized spacial score (nSPS) is 17.0. The number of nitrogens with one attached hydrogen (secondary N) is 1. The Morgan fingerprint density at radius 1 is 1.17 bits per heavy atom. The summed E-state index contributed by atoms with van der Waals surface area (Å²) in [5.41, 5.74) is 4.39. The number of anilines is 1. The van der Waals surface area contributed by atoms with E-state index in [0.717, 1.165) is 50.0 Å². The number of aryl methyl sites for hydroxylation is 1. The van der Waals surface area contributed by atoms with Gasteiger partial charge in [-0.1, -0.05) is 37.1 Å². The van der Waals surface area contributed by atoms with Crippen LogP contribution in [0.25, 0.3) is 10.5 Å². The first-order valence-corrected chi connectivity index (χ1v) is 12.4. The molecule has 1 N–H and O–H groups in total. The Hall–Kier alpha value is -3.47. The summed E-state index contributed by atoms with van der Waals surface area (Å²) in [6, 6.07) is 17.5. The molecule has 3 aromatic rings. The Balaban J connectivity index is 1.37. The monoisotopic (exact) mass is 469 g/mol. The lowest BCUT2D eigenvalue weighted by Crippen LogP contribution is -2.39. The number of ether oxygens (including phenoxy) is 1. The van der Waals surface area contributed by atoms with Crippen molar-refractivity contribution in [3.63, 3.8) is 0 Å². The molecule has 2 fully saturated rings. The van der Waals surface area contributed by atoms with E-state index in [0.29, 0.717) is 23.1 Å². The second kappa shape index (κ2) is 10.4. The Kier molecular flexibility index (Phi) is 6.94. The largest absolute Gasteiger partial charge is 0.379 e. The van der Waals surface area contributed by atoms with Crippen LogP contribution >= 0.6 is 0 Å². The van der Waals surface area contributed by atoms with E-state index in [9.17, 15) is 4.79 Å². The fraction of sp³-hybridized carbons (Fsp3) is 0.393. The van der Waals surface area contributed by atoms with Gasteiger partial charge in [0.25, 0.3) is 5.91 Å². The van der Waals surface area contributed by atoms with E-state index in [1.165, 1.54) is 24.8 Å². The third-order valence-electron chi connectivity index (χ3n) is 6.83. The quantitative estimate of drug-likeness (QED) is 0.440. The number of benzene rings is 2. The van der Waals surface area contributed by atoms with Gasteiger partial charge >= 0.3 is 0 Å². The van der Waals surface area contributed by atoms with Gasteiger partial charge in [-0.2, -0.15) is 5.10 Å². The van der Waals surface area contributed by atoms with E-state index in [2.05, 4.69) is 32.3 Å². The molecule has 1 atom stereocenters. The molecular formula is C28H31N5O2. The van der Waals surface area contributed by atoms with Crippen LogP contribution in [0.15, 0.2) is 54.6 Å². The maximum atomic E-state index is 13.3. The number of carbonyl (C=O) groups excluding carboxylic acids is 1. The van der Waals surface area contributed by atoms with Gasteiger partial charge < -0.3 is 10.1 Å². The smallest absolute Gasteiger partial charge is 0.274 e. The number of rotatable bonds is 8. The zero-order chi connectivity index (χ0) is 24.2. The summed E-state index contributed by atoms with van der Waals surface area (Å²) in [7, 11) is 0. The molecular weight excluding hydrogens is 438 g/mol. The number of hydrogen-bond acceptors (Lipinski definition) is 4. The highest BCUT2D eigenvalue weighted by Gasteiger charge is 2.27. The van der Waals surface area contributed by atoms with E-state index in [4.69, 9.17) is 11.3 Å². The molecule has 1 aliphatic carbocycles. The van der Waals surface area contributed by atoms with Gasteiger partial charge in [0.15, 0.2) is 5.69 Å². The predicted octanol–water partition coefficient (Wildman–Crippen LogP) is 5.55. The third kappa shape index (κ3) is 5.61. The lowest BCUT2D eigenvalue weighted by molar-refractivity contribution is 0.0135. The van der Waals surface area contributed by atoms with Crippen LogP contribution in [-0.2, 0) is 4.74 Å². The molecule has 1 aromatic heterocycles. The van der Waals surface area contributed by atoms with Crippen LogP contribution in [0.4, 0.5) is 11.4 Å². The lowest BCUT2D eigenvalue weighted by Gasteiger charge is -2.35. The van der Waals surface area contributed by atoms with E-state index in [1.807, 2.05) is 25.1 Å². The maximum Gasteiger partial charge on any atom is 0.274 e. The van der Waals surface area contributed by atoms with Crippen molar-refractivity contribution in [1.29, 1.82) is 0 Å². The summed E-state index contributed by atoms with van der Waals surface area (Å²) in [4.78, 5) is 19.3. The highest BCUT2D eigenvalue weighted by atomic mass is 16.5. The van der Waals surface area contributed by atoms with Gasteiger partial charge in [-0.3, -0.25) is 9.69 Å². The first-order valence-electron chi connectivity index (χ1n) is 12.4. The molecule has 35 heavy (non-hydrogen) atoms. The summed E-state index contributed by atoms with van der Waals surface area (Å²) in [6.07, 6.45) is 5.10. The number of carbonyl (C=O) groups is 1. The van der Waals surface area contributed by atoms with E-state index < -0.39 is 0 Å². The number of hydrogen-bond donors (Lipinski definition) is 1. The van der Waals surface area contributed by atoms with Crippen LogP contribution in [0.5, 0.6) is 0 Å². The average molecular weight is 470 g/mol. The van der Waals surface area contributed by atoms with Crippen LogP contribution < -0.4 is 5.32 Å². The molecule has 5 rings (SSSR count). The van der Waals surface area contributed by atoms with Crippen molar-refractivity contribution in [3.8, 4) is 5.69 Å². The molecule has 7 nitrogen and oxygen atoms in total. The van der Waals surface area contributed by atoms with Crippen LogP contribution in [0.1, 0.15) is 53.5 Å². The molecule has 180 valence electrons. The first kappa shape index (κ1) is 23.3.